The van der Waals surface area contributed by atoms with E-state index in [2.05, 4.69) is 4.72 Å². The second-order valence-corrected chi connectivity index (χ2v) is 10.7. The molecule has 3 aromatic carbocycles. The van der Waals surface area contributed by atoms with Crippen molar-refractivity contribution in [2.45, 2.75) is 12.6 Å². The van der Waals surface area contributed by atoms with Crippen molar-refractivity contribution < 1.29 is 35.9 Å². The minimum Gasteiger partial charge on any atom is -0.506 e. The standard InChI is InChI=1S/C27H21F3N2O5S/c1-38(35,36)31-23-15-21(5-7-24(23)33)32-9-8-17-11-16(4-6-22(17)26(32)34)18-12-19(25-3-2-10-37-25)14-20(13-18)27(28,29)30/h2-7,10-15,31,33H,8-9H2,1H3. The van der Waals surface area contributed by atoms with E-state index in [0.29, 0.717) is 40.1 Å². The van der Waals surface area contributed by atoms with E-state index < -0.39 is 21.8 Å². The summed E-state index contributed by atoms with van der Waals surface area (Å²) in [6, 6.07) is 15.9. The van der Waals surface area contributed by atoms with Crippen LogP contribution in [-0.2, 0) is 22.6 Å². The molecule has 0 saturated heterocycles. The van der Waals surface area contributed by atoms with E-state index in [9.17, 15) is 31.5 Å². The molecular formula is C27H21F3N2O5S. The Bertz CT molecular complexity index is 1650. The third-order valence-electron chi connectivity index (χ3n) is 6.17. The maximum atomic E-state index is 13.6. The molecule has 5 rings (SSSR count). The predicted octanol–water partition coefficient (Wildman–Crippen LogP) is 5.91. The van der Waals surface area contributed by atoms with E-state index in [4.69, 9.17) is 4.42 Å². The fourth-order valence-electron chi connectivity index (χ4n) is 4.43. The zero-order chi connectivity index (χ0) is 27.2. The predicted molar refractivity (Wildman–Crippen MR) is 137 cm³/mol. The van der Waals surface area contributed by atoms with E-state index >= 15 is 0 Å². The number of fused-ring (bicyclic) bond motifs is 1. The van der Waals surface area contributed by atoms with Crippen molar-refractivity contribution in [3.8, 4) is 28.2 Å². The van der Waals surface area contributed by atoms with Crippen LogP contribution in [0.15, 0.2) is 77.4 Å². The van der Waals surface area contributed by atoms with Gasteiger partial charge < -0.3 is 14.4 Å². The average molecular weight is 543 g/mol. The molecule has 2 heterocycles. The Morgan fingerprint density at radius 1 is 0.974 bits per heavy atom. The van der Waals surface area contributed by atoms with Gasteiger partial charge in [-0.1, -0.05) is 12.1 Å². The number of alkyl halides is 3. The highest BCUT2D eigenvalue weighted by Crippen LogP contribution is 2.38. The minimum absolute atomic E-state index is 0.0594. The van der Waals surface area contributed by atoms with Crippen molar-refractivity contribution >= 4 is 27.3 Å². The number of hydrogen-bond acceptors (Lipinski definition) is 5. The largest absolute Gasteiger partial charge is 0.506 e. The number of carbonyl (C=O) groups excluding carboxylic acids is 1. The molecule has 196 valence electrons. The van der Waals surface area contributed by atoms with Crippen LogP contribution in [0.3, 0.4) is 0 Å². The number of hydrogen-bond donors (Lipinski definition) is 2. The lowest BCUT2D eigenvalue weighted by Crippen LogP contribution is -2.37. The SMILES string of the molecule is CS(=O)(=O)Nc1cc(N2CCc3cc(-c4cc(-c5ccco5)cc(C(F)(F)F)c4)ccc3C2=O)ccc1O. The lowest BCUT2D eigenvalue weighted by Gasteiger charge is -2.29. The summed E-state index contributed by atoms with van der Waals surface area (Å²) < 4.78 is 71.7. The summed E-state index contributed by atoms with van der Waals surface area (Å²) in [7, 11) is -3.66. The van der Waals surface area contributed by atoms with E-state index in [1.165, 1.54) is 29.4 Å². The van der Waals surface area contributed by atoms with Crippen LogP contribution < -0.4 is 9.62 Å². The highest BCUT2D eigenvalue weighted by atomic mass is 32.2. The molecule has 0 radical (unpaired) electrons. The fourth-order valence-corrected chi connectivity index (χ4v) is 4.99. The van der Waals surface area contributed by atoms with Crippen LogP contribution in [0.5, 0.6) is 5.75 Å². The summed E-state index contributed by atoms with van der Waals surface area (Å²) in [5.74, 6) is -0.336. The van der Waals surface area contributed by atoms with Crippen LogP contribution in [0, 0.1) is 0 Å². The monoisotopic (exact) mass is 542 g/mol. The van der Waals surface area contributed by atoms with Gasteiger partial charge in [0.15, 0.2) is 0 Å². The Morgan fingerprint density at radius 2 is 1.74 bits per heavy atom. The highest BCUT2D eigenvalue weighted by molar-refractivity contribution is 7.92. The van der Waals surface area contributed by atoms with Crippen molar-refractivity contribution in [1.82, 2.24) is 0 Å². The highest BCUT2D eigenvalue weighted by Gasteiger charge is 2.32. The Hall–Kier alpha value is -4.25. The van der Waals surface area contributed by atoms with Gasteiger partial charge in [0.1, 0.15) is 11.5 Å². The number of furan rings is 1. The van der Waals surface area contributed by atoms with Gasteiger partial charge in [-0.25, -0.2) is 8.42 Å². The Morgan fingerprint density at radius 3 is 2.42 bits per heavy atom. The van der Waals surface area contributed by atoms with E-state index in [1.54, 1.807) is 36.4 Å². The van der Waals surface area contributed by atoms with Crippen LogP contribution in [0.4, 0.5) is 24.5 Å². The van der Waals surface area contributed by atoms with Gasteiger partial charge in [0.05, 0.1) is 23.8 Å². The molecule has 1 amide bonds. The quantitative estimate of drug-likeness (QED) is 0.306. The van der Waals surface area contributed by atoms with Crippen LogP contribution in [0.25, 0.3) is 22.5 Å². The van der Waals surface area contributed by atoms with Gasteiger partial charge in [0.2, 0.25) is 10.0 Å². The van der Waals surface area contributed by atoms with Gasteiger partial charge in [-0.05, 0) is 77.7 Å². The van der Waals surface area contributed by atoms with Crippen molar-refractivity contribution in [3.63, 3.8) is 0 Å². The van der Waals surface area contributed by atoms with Gasteiger partial charge >= 0.3 is 6.18 Å². The van der Waals surface area contributed by atoms with Crippen molar-refractivity contribution in [1.29, 1.82) is 0 Å². The second kappa shape index (κ2) is 9.25. The molecule has 7 nitrogen and oxygen atoms in total. The number of amides is 1. The van der Waals surface area contributed by atoms with Gasteiger partial charge in [0.25, 0.3) is 5.91 Å². The van der Waals surface area contributed by atoms with E-state index in [-0.39, 0.29) is 29.5 Å². The smallest absolute Gasteiger partial charge is 0.416 e. The Labute approximate surface area is 216 Å². The van der Waals surface area contributed by atoms with Gasteiger partial charge in [-0.3, -0.25) is 9.52 Å². The van der Waals surface area contributed by atoms with Crippen LogP contribution >= 0.6 is 0 Å². The molecular weight excluding hydrogens is 521 g/mol. The van der Waals surface area contributed by atoms with Crippen LogP contribution in [0.1, 0.15) is 21.5 Å². The van der Waals surface area contributed by atoms with E-state index in [1.807, 2.05) is 0 Å². The lowest BCUT2D eigenvalue weighted by atomic mass is 9.92. The number of benzene rings is 3. The first-order valence-electron chi connectivity index (χ1n) is 11.4. The molecule has 1 aliphatic rings. The molecule has 1 aliphatic heterocycles. The maximum Gasteiger partial charge on any atom is 0.416 e. The van der Waals surface area contributed by atoms with Crippen molar-refractivity contribution in [2.24, 2.45) is 0 Å². The van der Waals surface area contributed by atoms with Crippen LogP contribution in [-0.4, -0.2) is 32.2 Å². The lowest BCUT2D eigenvalue weighted by molar-refractivity contribution is -0.137. The first kappa shape index (κ1) is 25.4. The summed E-state index contributed by atoms with van der Waals surface area (Å²) in [6.45, 7) is 0.249. The molecule has 0 fully saturated rings. The number of rotatable bonds is 5. The average Bonchev–Trinajstić information content (AvgIpc) is 3.39. The fraction of sp³-hybridized carbons (Fsp3) is 0.148. The number of aromatic hydroxyl groups is 1. The molecule has 4 aromatic rings. The minimum atomic E-state index is -4.56. The summed E-state index contributed by atoms with van der Waals surface area (Å²) in [6.07, 6.45) is -1.81. The topological polar surface area (TPSA) is 99.9 Å². The number of phenolic OH excluding ortho intramolecular Hbond substituents is 1. The summed E-state index contributed by atoms with van der Waals surface area (Å²) in [5.41, 5.74) is 1.70. The Balaban J connectivity index is 1.49. The maximum absolute atomic E-state index is 13.6. The zero-order valence-electron chi connectivity index (χ0n) is 19.9. The normalized spacial score (nSPS) is 13.9. The summed E-state index contributed by atoms with van der Waals surface area (Å²) in [4.78, 5) is 14.8. The second-order valence-electron chi connectivity index (χ2n) is 8.93. The Kier molecular flexibility index (Phi) is 6.18. The molecule has 0 unspecified atom stereocenters. The molecule has 0 aliphatic carbocycles. The summed E-state index contributed by atoms with van der Waals surface area (Å²) >= 11 is 0. The number of halogens is 3. The number of sulfonamides is 1. The molecule has 1 aromatic heterocycles. The molecule has 0 saturated carbocycles. The van der Waals surface area contributed by atoms with Crippen LogP contribution in [0.2, 0.25) is 0 Å². The first-order chi connectivity index (χ1) is 17.9. The van der Waals surface area contributed by atoms with Gasteiger partial charge in [0, 0.05) is 23.4 Å². The van der Waals surface area contributed by atoms with Crippen molar-refractivity contribution in [2.75, 3.05) is 22.4 Å². The van der Waals surface area contributed by atoms with E-state index in [0.717, 1.165) is 18.4 Å². The van der Waals surface area contributed by atoms with Gasteiger partial charge in [-0.15, -0.1) is 0 Å². The molecule has 11 heteroatoms. The number of nitrogens with one attached hydrogen (secondary N) is 1. The number of anilines is 2. The summed E-state index contributed by atoms with van der Waals surface area (Å²) in [5, 5.41) is 10.0. The third-order valence-corrected chi connectivity index (χ3v) is 6.76. The molecule has 2 N–H and O–H groups in total. The number of phenols is 1. The number of carbonyl (C=O) groups is 1. The molecule has 38 heavy (non-hydrogen) atoms. The molecule has 0 atom stereocenters. The zero-order valence-corrected chi connectivity index (χ0v) is 20.7. The molecule has 0 spiro atoms. The third kappa shape index (κ3) is 5.10. The molecule has 0 bridgehead atoms. The van der Waals surface area contributed by atoms with Gasteiger partial charge in [-0.2, -0.15) is 13.2 Å². The first-order valence-corrected chi connectivity index (χ1v) is 13.3. The van der Waals surface area contributed by atoms with Crippen molar-refractivity contribution in [3.05, 3.63) is 89.7 Å². The number of nitrogens with zero attached hydrogens (tertiary/aromatic N) is 1.